The van der Waals surface area contributed by atoms with Gasteiger partial charge in [0.1, 0.15) is 0 Å². The molecule has 0 radical (unpaired) electrons. The van der Waals surface area contributed by atoms with Gasteiger partial charge in [-0.25, -0.2) is 0 Å². The van der Waals surface area contributed by atoms with E-state index in [1.54, 1.807) is 0 Å². The Labute approximate surface area is 400 Å². The third-order valence-corrected chi connectivity index (χ3v) is 14.0. The van der Waals surface area contributed by atoms with Gasteiger partial charge in [-0.15, -0.1) is 6.58 Å². The van der Waals surface area contributed by atoms with Crippen LogP contribution in [0.4, 0.5) is 0 Å². The van der Waals surface area contributed by atoms with Crippen molar-refractivity contribution < 1.29 is 66.5 Å². The largest absolute Gasteiger partial charge is 1.00 e. The van der Waals surface area contributed by atoms with Crippen LogP contribution in [0, 0.1) is 7.43 Å². The average Bonchev–Trinajstić information content (AvgIpc) is 3.06. The third-order valence-electron chi connectivity index (χ3n) is 6.82. The van der Waals surface area contributed by atoms with Crippen molar-refractivity contribution in [3.8, 4) is 0 Å². The second kappa shape index (κ2) is 38.0. The second-order valence-corrected chi connectivity index (χ2v) is 57.9. The van der Waals surface area contributed by atoms with Crippen LogP contribution in [-0.2, 0) is 18.8 Å². The summed E-state index contributed by atoms with van der Waals surface area (Å²) in [6.07, 6.45) is 12.1. The summed E-state index contributed by atoms with van der Waals surface area (Å²) in [6.45, 7) is 51.4. The van der Waals surface area contributed by atoms with Crippen LogP contribution in [-0.4, -0.2) is 75.9 Å². The first-order chi connectivity index (χ1) is 22.5. The molecule has 0 aromatic heterocycles. The van der Waals surface area contributed by atoms with E-state index in [1.807, 2.05) is 12.2 Å². The van der Waals surface area contributed by atoms with Gasteiger partial charge in [-0.3, -0.25) is 0 Å². The first-order valence-electron chi connectivity index (χ1n) is 18.8. The molecule has 0 atom stereocenters. The van der Waals surface area contributed by atoms with Crippen LogP contribution in [0.2, 0.25) is 123 Å². The van der Waals surface area contributed by atoms with Gasteiger partial charge in [0.25, 0.3) is 0 Å². The van der Waals surface area contributed by atoms with E-state index in [0.29, 0.717) is 15.8 Å². The van der Waals surface area contributed by atoms with E-state index in [1.165, 1.54) is 24.9 Å². The van der Waals surface area contributed by atoms with Crippen LogP contribution in [0.1, 0.15) is 54.4 Å². The molecule has 1 saturated heterocycles. The molecule has 2 N–H and O–H groups in total. The van der Waals surface area contributed by atoms with E-state index in [9.17, 15) is 0 Å². The minimum absolute atomic E-state index is 0. The number of hydrogen-bond donors (Lipinski definition) is 2. The molecule has 0 bridgehead atoms. The molecule has 1 aliphatic rings. The molecule has 0 aliphatic carbocycles. The van der Waals surface area contributed by atoms with Crippen LogP contribution in [0.15, 0.2) is 48.0 Å². The molecule has 4 nitrogen and oxygen atoms in total. The Bertz CT molecular complexity index is 933. The van der Waals surface area contributed by atoms with Gasteiger partial charge in [0.05, 0.1) is 35.4 Å². The summed E-state index contributed by atoms with van der Waals surface area (Å²) in [7, 11) is -5.16. The van der Waals surface area contributed by atoms with Crippen molar-refractivity contribution >= 4 is 94.6 Å². The van der Waals surface area contributed by atoms with Crippen molar-refractivity contribution in [3.63, 3.8) is 0 Å². The van der Waals surface area contributed by atoms with Crippen LogP contribution < -0.4 is 37.7 Å². The summed E-state index contributed by atoms with van der Waals surface area (Å²) in [5.74, 6) is 0. The minimum atomic E-state index is -1.19. The molecule has 1 heterocycles. The number of hydrogen-bond acceptors (Lipinski definition) is 4. The number of halogens is 2. The molecular weight excluding hydrogens is 1000 g/mol. The van der Waals surface area contributed by atoms with E-state index in [4.69, 9.17) is 19.4 Å². The Kier molecular flexibility index (Phi) is 52.5. The van der Waals surface area contributed by atoms with Gasteiger partial charge >= 0.3 is 101 Å². The van der Waals surface area contributed by atoms with Gasteiger partial charge in [-0.2, -0.15) is 0 Å². The Balaban J connectivity index is -0.0000000822. The molecule has 0 aromatic rings. The monoisotopic (exact) mass is 1090 g/mol. The SMILES string of the molecule is C=CC[Si](C)(C)C.CC1(C)OB(C/C=C\[Si](C)(C)C)OC1(C)C.CCC=C[Si](C)(C)C.CCC[Si](C)(C)C.C[Si](C)(C)/C=C\CB(O)O.[CH3-].[I][V][I].[Li+].[Li+]. The first kappa shape index (κ1) is 74.7. The van der Waals surface area contributed by atoms with Crippen molar-refractivity contribution in [2.45, 2.75) is 189 Å². The van der Waals surface area contributed by atoms with Gasteiger partial charge in [0, 0.05) is 16.1 Å². The molecule has 1 fully saturated rings. The van der Waals surface area contributed by atoms with Crippen LogP contribution in [0.5, 0.6) is 0 Å². The molecular formula is C38H89B2I2Li2O4Si5V+. The maximum atomic E-state index is 8.47. The van der Waals surface area contributed by atoms with Gasteiger partial charge in [-0.05, 0) is 52.8 Å². The van der Waals surface area contributed by atoms with Crippen LogP contribution in [0.25, 0.3) is 0 Å². The van der Waals surface area contributed by atoms with E-state index < -0.39 is 47.5 Å². The Hall–Kier alpha value is 3.25. The Morgan fingerprint density at radius 3 is 1.19 bits per heavy atom. The number of rotatable bonds is 12. The summed E-state index contributed by atoms with van der Waals surface area (Å²) >= 11 is 4.74. The Morgan fingerprint density at radius 2 is 1.00 bits per heavy atom. The molecule has 0 unspecified atom stereocenters. The van der Waals surface area contributed by atoms with Gasteiger partial charge in [-0.1, -0.05) is 166 Å². The second-order valence-electron chi connectivity index (χ2n) is 19.8. The van der Waals surface area contributed by atoms with Crippen molar-refractivity contribution in [3.05, 3.63) is 55.4 Å². The number of allylic oxidation sites excluding steroid dienone is 4. The van der Waals surface area contributed by atoms with Crippen LogP contribution in [0.3, 0.4) is 0 Å². The smallest absolute Gasteiger partial charge is 1.00 e. The van der Waals surface area contributed by atoms with Crippen molar-refractivity contribution in [1.29, 1.82) is 0 Å². The predicted molar refractivity (Wildman–Crippen MR) is 275 cm³/mol. The zero-order valence-corrected chi connectivity index (χ0v) is 51.3. The summed E-state index contributed by atoms with van der Waals surface area (Å²) in [5, 5.41) is 16.9. The molecule has 0 spiro atoms. The minimum Gasteiger partial charge on any atom is 1.00 e. The topological polar surface area (TPSA) is 58.9 Å². The molecule has 16 heteroatoms. The zero-order valence-electron chi connectivity index (χ0n) is 40.6. The quantitative estimate of drug-likeness (QED) is 0.0890. The summed E-state index contributed by atoms with van der Waals surface area (Å²) < 4.78 is 11.8. The molecule has 1 rings (SSSR count). The molecule has 1 aliphatic heterocycles. The van der Waals surface area contributed by atoms with E-state index >= 15 is 0 Å². The molecule has 54 heavy (non-hydrogen) atoms. The van der Waals surface area contributed by atoms with Gasteiger partial charge in [0.15, 0.2) is 0 Å². The molecule has 0 amide bonds. The van der Waals surface area contributed by atoms with Gasteiger partial charge < -0.3 is 26.8 Å². The molecule has 0 saturated carbocycles. The first-order valence-corrected chi connectivity index (χ1v) is 46.0. The normalized spacial score (nSPS) is 14.7. The maximum Gasteiger partial charge on any atom is 1.00 e. The maximum absolute atomic E-state index is 8.47. The molecule has 0 aromatic carbocycles. The zero-order chi connectivity index (χ0) is 42.0. The fraction of sp³-hybridized carbons (Fsp3) is 0.763. The van der Waals surface area contributed by atoms with Crippen molar-refractivity contribution in [1.82, 2.24) is 0 Å². The van der Waals surface area contributed by atoms with Gasteiger partial charge in [0.2, 0.25) is 0 Å². The fourth-order valence-corrected chi connectivity index (χ4v) is 8.79. The average molecular weight is 1090 g/mol. The molecule has 311 valence electrons. The summed E-state index contributed by atoms with van der Waals surface area (Å²) in [5.41, 5.74) is 6.42. The predicted octanol–water partition coefficient (Wildman–Crippen LogP) is 8.71. The van der Waals surface area contributed by atoms with Crippen molar-refractivity contribution in [2.24, 2.45) is 0 Å². The fourth-order valence-electron chi connectivity index (χ4n) is 3.79. The standard InChI is InChI=1S/C12H25BO2Si.C7H16Si.C6H15BO2Si.C6H16Si.C6H14Si.CH3.2HI.2Li.V/c1-11(2)12(3,4)15-13(14-11)9-8-10-16(5,6)7;1-5-6-7-8(2,3)4;1-10(2,3)6-4-5-7(8)9;2*1-5-6-7(2,3)4;;;;;;/h8,10H,9H2,1-7H3;6-7H,5H2,1-4H3;4,6,8-9H,5H2,1-3H3;5-6H2,1-4H3;5H,1,6H2,2-4H3;1H3;2*1H;;;/q;;;;;-1;;;2*+1;+2/p-2/b10-8-;;6-4-;;;;;;;;. The van der Waals surface area contributed by atoms with Crippen LogP contribution >= 0.6 is 40.0 Å². The summed E-state index contributed by atoms with van der Waals surface area (Å²) in [4.78, 5) is 0. The Morgan fingerprint density at radius 1 is 0.667 bits per heavy atom. The van der Waals surface area contributed by atoms with E-state index in [0.717, 1.165) is 6.32 Å². The summed E-state index contributed by atoms with van der Waals surface area (Å²) in [6, 6.07) is 2.72. The third kappa shape index (κ3) is 67.0. The van der Waals surface area contributed by atoms with E-state index in [-0.39, 0.29) is 63.5 Å². The van der Waals surface area contributed by atoms with Crippen molar-refractivity contribution in [2.75, 3.05) is 0 Å². The van der Waals surface area contributed by atoms with E-state index in [2.05, 4.69) is 216 Å².